The van der Waals surface area contributed by atoms with Crippen molar-refractivity contribution in [2.75, 3.05) is 19.8 Å². The number of rotatable bonds is 3. The van der Waals surface area contributed by atoms with Crippen molar-refractivity contribution >= 4 is 6.03 Å². The van der Waals surface area contributed by atoms with E-state index in [0.29, 0.717) is 19.1 Å². The predicted molar refractivity (Wildman–Crippen MR) is 63.7 cm³/mol. The fourth-order valence-corrected chi connectivity index (χ4v) is 2.47. The Bertz CT molecular complexity index is 246. The molecule has 5 nitrogen and oxygen atoms in total. The molecule has 98 valence electrons. The second kappa shape index (κ2) is 6.21. The van der Waals surface area contributed by atoms with Gasteiger partial charge in [0.1, 0.15) is 0 Å². The first-order valence-electron chi connectivity index (χ1n) is 6.54. The van der Waals surface area contributed by atoms with E-state index in [-0.39, 0.29) is 18.2 Å². The van der Waals surface area contributed by atoms with Crippen LogP contribution in [0.2, 0.25) is 0 Å². The first kappa shape index (κ1) is 12.6. The highest BCUT2D eigenvalue weighted by Crippen LogP contribution is 2.23. The van der Waals surface area contributed by atoms with Crippen LogP contribution in [0, 0.1) is 5.92 Å². The van der Waals surface area contributed by atoms with Gasteiger partial charge in [-0.15, -0.1) is 0 Å². The van der Waals surface area contributed by atoms with E-state index < -0.39 is 0 Å². The van der Waals surface area contributed by atoms with Gasteiger partial charge in [-0.1, -0.05) is 0 Å². The Morgan fingerprint density at radius 1 is 1.24 bits per heavy atom. The number of amides is 2. The van der Waals surface area contributed by atoms with Crippen LogP contribution in [0.4, 0.5) is 4.79 Å². The largest absolute Gasteiger partial charge is 0.393 e. The summed E-state index contributed by atoms with van der Waals surface area (Å²) in [5.74, 6) is 0.518. The molecule has 2 fully saturated rings. The molecular formula is C12H22N2O3. The predicted octanol–water partition coefficient (Wildman–Crippen LogP) is 0.626. The maximum absolute atomic E-state index is 11.6. The zero-order valence-corrected chi connectivity index (χ0v) is 10.2. The lowest BCUT2D eigenvalue weighted by Crippen LogP contribution is -2.44. The van der Waals surface area contributed by atoms with Crippen molar-refractivity contribution in [1.82, 2.24) is 10.6 Å². The lowest BCUT2D eigenvalue weighted by atomic mass is 9.87. The van der Waals surface area contributed by atoms with Gasteiger partial charge >= 0.3 is 6.03 Å². The summed E-state index contributed by atoms with van der Waals surface area (Å²) in [7, 11) is 0. The van der Waals surface area contributed by atoms with E-state index in [4.69, 9.17) is 4.74 Å². The summed E-state index contributed by atoms with van der Waals surface area (Å²) in [6, 6.07) is 0.0785. The van der Waals surface area contributed by atoms with Gasteiger partial charge in [0.2, 0.25) is 0 Å². The molecular weight excluding hydrogens is 220 g/mol. The van der Waals surface area contributed by atoms with Crippen molar-refractivity contribution < 1.29 is 14.6 Å². The van der Waals surface area contributed by atoms with Gasteiger partial charge in [0.05, 0.1) is 18.8 Å². The molecule has 1 saturated heterocycles. The number of aliphatic hydroxyl groups excluding tert-OH is 1. The fraction of sp³-hybridized carbons (Fsp3) is 0.917. The quantitative estimate of drug-likeness (QED) is 0.679. The van der Waals surface area contributed by atoms with Gasteiger partial charge in [-0.3, -0.25) is 0 Å². The molecule has 0 spiro atoms. The summed E-state index contributed by atoms with van der Waals surface area (Å²) in [5.41, 5.74) is 0. The minimum absolute atomic E-state index is 0.0911. The summed E-state index contributed by atoms with van der Waals surface area (Å²) in [5, 5.41) is 15.2. The lowest BCUT2D eigenvalue weighted by Gasteiger charge is -2.25. The second-order valence-electron chi connectivity index (χ2n) is 5.09. The van der Waals surface area contributed by atoms with Crippen LogP contribution in [0.15, 0.2) is 0 Å². The molecule has 0 bridgehead atoms. The summed E-state index contributed by atoms with van der Waals surface area (Å²) >= 11 is 0. The minimum atomic E-state index is -0.129. The van der Waals surface area contributed by atoms with Gasteiger partial charge in [0.15, 0.2) is 0 Å². The first-order chi connectivity index (χ1) is 8.24. The number of hydrogen-bond acceptors (Lipinski definition) is 3. The highest BCUT2D eigenvalue weighted by atomic mass is 16.5. The van der Waals surface area contributed by atoms with Crippen LogP contribution in [0.25, 0.3) is 0 Å². The number of aliphatic hydroxyl groups is 1. The molecule has 0 radical (unpaired) electrons. The standard InChI is InChI=1S/C12H22N2O3/c15-11-3-1-9(2-4-11)7-13-12(16)14-10-5-6-17-8-10/h9-11,15H,1-8H2,(H2,13,14,16). The van der Waals surface area contributed by atoms with E-state index in [1.54, 1.807) is 0 Å². The third-order valence-electron chi connectivity index (χ3n) is 3.63. The van der Waals surface area contributed by atoms with Gasteiger partial charge in [0.25, 0.3) is 0 Å². The molecule has 0 aromatic rings. The van der Waals surface area contributed by atoms with Crippen molar-refractivity contribution in [3.8, 4) is 0 Å². The topological polar surface area (TPSA) is 70.6 Å². The van der Waals surface area contributed by atoms with Crippen LogP contribution in [-0.2, 0) is 4.74 Å². The second-order valence-corrected chi connectivity index (χ2v) is 5.09. The Hall–Kier alpha value is -0.810. The van der Waals surface area contributed by atoms with Crippen molar-refractivity contribution in [1.29, 1.82) is 0 Å². The fourth-order valence-electron chi connectivity index (χ4n) is 2.47. The van der Waals surface area contributed by atoms with Gasteiger partial charge in [0, 0.05) is 13.2 Å². The summed E-state index contributed by atoms with van der Waals surface area (Å²) in [4.78, 5) is 11.6. The third-order valence-corrected chi connectivity index (χ3v) is 3.63. The maximum atomic E-state index is 11.6. The van der Waals surface area contributed by atoms with Crippen LogP contribution in [0.1, 0.15) is 32.1 Å². The minimum Gasteiger partial charge on any atom is -0.393 e. The molecule has 1 aliphatic heterocycles. The molecule has 1 atom stereocenters. The SMILES string of the molecule is O=C(NCC1CCC(O)CC1)NC1CCOC1. The number of nitrogens with one attached hydrogen (secondary N) is 2. The third kappa shape index (κ3) is 4.16. The van der Waals surface area contributed by atoms with Gasteiger partial charge in [-0.25, -0.2) is 4.79 Å². The molecule has 1 saturated carbocycles. The maximum Gasteiger partial charge on any atom is 0.315 e. The Morgan fingerprint density at radius 2 is 2.00 bits per heavy atom. The van der Waals surface area contributed by atoms with Gasteiger partial charge in [-0.2, -0.15) is 0 Å². The van der Waals surface area contributed by atoms with Gasteiger partial charge in [-0.05, 0) is 38.0 Å². The smallest absolute Gasteiger partial charge is 0.315 e. The van der Waals surface area contributed by atoms with Crippen molar-refractivity contribution in [3.05, 3.63) is 0 Å². The van der Waals surface area contributed by atoms with Crippen molar-refractivity contribution in [3.63, 3.8) is 0 Å². The molecule has 5 heteroatoms. The molecule has 2 rings (SSSR count). The Morgan fingerprint density at radius 3 is 2.65 bits per heavy atom. The van der Waals surface area contributed by atoms with Crippen molar-refractivity contribution in [2.24, 2.45) is 5.92 Å². The summed E-state index contributed by atoms with van der Waals surface area (Å²) < 4.78 is 5.19. The van der Waals surface area contributed by atoms with Crippen molar-refractivity contribution in [2.45, 2.75) is 44.2 Å². The molecule has 17 heavy (non-hydrogen) atoms. The molecule has 0 aromatic heterocycles. The number of hydrogen-bond donors (Lipinski definition) is 3. The molecule has 0 aromatic carbocycles. The Labute approximate surface area is 102 Å². The number of ether oxygens (including phenoxy) is 1. The highest BCUT2D eigenvalue weighted by Gasteiger charge is 2.21. The average molecular weight is 242 g/mol. The van der Waals surface area contributed by atoms with E-state index in [1.807, 2.05) is 0 Å². The van der Waals surface area contributed by atoms with E-state index in [9.17, 15) is 9.90 Å². The molecule has 1 unspecified atom stereocenters. The highest BCUT2D eigenvalue weighted by molar-refractivity contribution is 5.74. The van der Waals surface area contributed by atoms with Gasteiger partial charge < -0.3 is 20.5 Å². The summed E-state index contributed by atoms with van der Waals surface area (Å²) in [6.45, 7) is 2.08. The van der Waals surface area contributed by atoms with Crippen LogP contribution >= 0.6 is 0 Å². The molecule has 1 aliphatic carbocycles. The Kier molecular flexibility index (Phi) is 4.62. The zero-order chi connectivity index (χ0) is 12.1. The van der Waals surface area contributed by atoms with Crippen LogP contribution in [0.3, 0.4) is 0 Å². The Balaban J connectivity index is 1.59. The molecule has 2 aliphatic rings. The van der Waals surface area contributed by atoms with E-state index in [1.165, 1.54) is 0 Å². The lowest BCUT2D eigenvalue weighted by molar-refractivity contribution is 0.109. The number of carbonyl (C=O) groups is 1. The monoisotopic (exact) mass is 242 g/mol. The normalized spacial score (nSPS) is 33.4. The molecule has 3 N–H and O–H groups in total. The van der Waals surface area contributed by atoms with E-state index in [0.717, 1.165) is 38.7 Å². The first-order valence-corrected chi connectivity index (χ1v) is 6.54. The summed E-state index contributed by atoms with van der Waals surface area (Å²) in [6.07, 6.45) is 4.52. The molecule has 1 heterocycles. The average Bonchev–Trinajstić information content (AvgIpc) is 2.81. The number of carbonyl (C=O) groups excluding carboxylic acids is 1. The number of urea groups is 1. The zero-order valence-electron chi connectivity index (χ0n) is 10.2. The van der Waals surface area contributed by atoms with E-state index in [2.05, 4.69) is 10.6 Å². The van der Waals surface area contributed by atoms with Crippen LogP contribution < -0.4 is 10.6 Å². The molecule has 2 amide bonds. The van der Waals surface area contributed by atoms with Crippen LogP contribution in [0.5, 0.6) is 0 Å². The van der Waals surface area contributed by atoms with Crippen LogP contribution in [-0.4, -0.2) is 43.0 Å². The van der Waals surface area contributed by atoms with E-state index >= 15 is 0 Å².